The summed E-state index contributed by atoms with van der Waals surface area (Å²) in [5.41, 5.74) is 2.63. The van der Waals surface area contributed by atoms with Crippen LogP contribution >= 0.6 is 39.5 Å². The summed E-state index contributed by atoms with van der Waals surface area (Å²) < 4.78 is 1.27. The van der Waals surface area contributed by atoms with Gasteiger partial charge in [0.1, 0.15) is 0 Å². The maximum atomic E-state index is 12.3. The van der Waals surface area contributed by atoms with Crippen LogP contribution in [0.2, 0.25) is 0 Å². The van der Waals surface area contributed by atoms with Crippen molar-refractivity contribution in [3.8, 4) is 0 Å². The van der Waals surface area contributed by atoms with Crippen LogP contribution in [-0.2, 0) is 0 Å². The van der Waals surface area contributed by atoms with Crippen LogP contribution in [0.1, 0.15) is 26.9 Å². The molecule has 2 heterocycles. The fourth-order valence-electron chi connectivity index (χ4n) is 2.18. The van der Waals surface area contributed by atoms with Gasteiger partial charge in [0.25, 0.3) is 5.91 Å². The monoisotopic (exact) mass is 394 g/mol. The lowest BCUT2D eigenvalue weighted by Crippen LogP contribution is -2.12. The number of carbonyl (C=O) groups is 1. The minimum atomic E-state index is -0.144. The van der Waals surface area contributed by atoms with E-state index in [-0.39, 0.29) is 5.91 Å². The Labute approximate surface area is 146 Å². The van der Waals surface area contributed by atoms with Crippen molar-refractivity contribution >= 4 is 51.0 Å². The van der Waals surface area contributed by atoms with Gasteiger partial charge in [0, 0.05) is 22.6 Å². The first kappa shape index (κ1) is 15.9. The number of rotatable bonds is 3. The third-order valence-electron chi connectivity index (χ3n) is 3.21. The van der Waals surface area contributed by atoms with Gasteiger partial charge in [-0.3, -0.25) is 9.78 Å². The maximum Gasteiger partial charge on any atom is 0.257 e. The fraction of sp³-hybridized carbons (Fsp3) is 0.250. The zero-order chi connectivity index (χ0) is 15.4. The highest BCUT2D eigenvalue weighted by atomic mass is 79.9. The first-order chi connectivity index (χ1) is 10.7. The molecule has 3 nitrogen and oxygen atoms in total. The fourth-order valence-corrected chi connectivity index (χ4v) is 5.42. The second kappa shape index (κ2) is 7.53. The van der Waals surface area contributed by atoms with Crippen molar-refractivity contribution in [2.24, 2.45) is 0 Å². The van der Waals surface area contributed by atoms with Crippen molar-refractivity contribution in [3.63, 3.8) is 0 Å². The summed E-state index contributed by atoms with van der Waals surface area (Å²) in [4.78, 5) is 16.3. The van der Waals surface area contributed by atoms with Crippen molar-refractivity contribution in [1.29, 1.82) is 0 Å². The average molecular weight is 395 g/mol. The van der Waals surface area contributed by atoms with E-state index in [1.54, 1.807) is 18.5 Å². The molecule has 0 spiro atoms. The normalized spacial score (nSPS) is 15.5. The van der Waals surface area contributed by atoms with Gasteiger partial charge in [0.05, 0.1) is 10.1 Å². The van der Waals surface area contributed by atoms with Gasteiger partial charge in [0.15, 0.2) is 0 Å². The van der Waals surface area contributed by atoms with Crippen molar-refractivity contribution in [1.82, 2.24) is 4.98 Å². The number of nitrogens with one attached hydrogen (secondary N) is 1. The molecule has 1 aromatic heterocycles. The Morgan fingerprint density at radius 1 is 1.23 bits per heavy atom. The number of amides is 1. The Morgan fingerprint density at radius 3 is 2.82 bits per heavy atom. The second-order valence-electron chi connectivity index (χ2n) is 4.90. The van der Waals surface area contributed by atoms with E-state index in [4.69, 9.17) is 0 Å². The van der Waals surface area contributed by atoms with E-state index >= 15 is 0 Å². The zero-order valence-corrected chi connectivity index (χ0v) is 15.0. The molecule has 0 radical (unpaired) electrons. The summed E-state index contributed by atoms with van der Waals surface area (Å²) >= 11 is 7.28. The summed E-state index contributed by atoms with van der Waals surface area (Å²) in [6.07, 6.45) is 4.50. The number of pyridine rings is 1. The van der Waals surface area contributed by atoms with Crippen LogP contribution in [0, 0.1) is 0 Å². The third kappa shape index (κ3) is 4.06. The highest BCUT2D eigenvalue weighted by molar-refractivity contribution is 9.10. The van der Waals surface area contributed by atoms with Gasteiger partial charge in [-0.25, -0.2) is 0 Å². The maximum absolute atomic E-state index is 12.3. The van der Waals surface area contributed by atoms with Crippen molar-refractivity contribution < 1.29 is 4.79 Å². The molecule has 22 heavy (non-hydrogen) atoms. The highest BCUT2D eigenvalue weighted by Crippen LogP contribution is 2.44. The topological polar surface area (TPSA) is 42.0 Å². The van der Waals surface area contributed by atoms with Gasteiger partial charge in [-0.15, -0.1) is 23.5 Å². The molecule has 114 valence electrons. The Balaban J connectivity index is 1.73. The lowest BCUT2D eigenvalue weighted by Gasteiger charge is -2.21. The zero-order valence-electron chi connectivity index (χ0n) is 11.8. The molecule has 0 saturated carbocycles. The summed E-state index contributed by atoms with van der Waals surface area (Å²) in [6, 6.07) is 9.88. The summed E-state index contributed by atoms with van der Waals surface area (Å²) in [7, 11) is 0. The van der Waals surface area contributed by atoms with E-state index in [9.17, 15) is 4.79 Å². The molecule has 2 aromatic rings. The molecule has 1 aliphatic heterocycles. The minimum absolute atomic E-state index is 0.144. The molecule has 1 saturated heterocycles. The Morgan fingerprint density at radius 2 is 2.05 bits per heavy atom. The number of anilines is 1. The molecular weight excluding hydrogens is 380 g/mol. The van der Waals surface area contributed by atoms with E-state index in [1.807, 2.05) is 35.7 Å². The minimum Gasteiger partial charge on any atom is -0.322 e. The number of aromatic nitrogens is 1. The van der Waals surface area contributed by atoms with E-state index < -0.39 is 0 Å². The number of nitrogens with zero attached hydrogens (tertiary/aromatic N) is 1. The van der Waals surface area contributed by atoms with Crippen LogP contribution in [0.25, 0.3) is 0 Å². The molecule has 1 amide bonds. The van der Waals surface area contributed by atoms with Crippen LogP contribution in [0.15, 0.2) is 47.2 Å². The Hall–Kier alpha value is -0.980. The number of hydrogen-bond donors (Lipinski definition) is 1. The molecule has 1 aliphatic rings. The molecule has 6 heteroatoms. The first-order valence-corrected chi connectivity index (χ1v) is 9.86. The molecular formula is C16H15BrN2OS2. The number of carbonyl (C=O) groups excluding carboxylic acids is 1. The number of thioether (sulfide) groups is 2. The molecule has 0 unspecified atom stereocenters. The number of halogens is 1. The van der Waals surface area contributed by atoms with Gasteiger partial charge in [-0.1, -0.05) is 12.1 Å². The van der Waals surface area contributed by atoms with Crippen molar-refractivity contribution in [2.45, 2.75) is 11.0 Å². The van der Waals surface area contributed by atoms with Gasteiger partial charge >= 0.3 is 0 Å². The molecule has 0 aliphatic carbocycles. The van der Waals surface area contributed by atoms with Crippen LogP contribution in [0.4, 0.5) is 5.69 Å². The summed E-state index contributed by atoms with van der Waals surface area (Å²) in [5.74, 6) is 2.27. The van der Waals surface area contributed by atoms with Crippen LogP contribution in [0.3, 0.4) is 0 Å². The third-order valence-corrected chi connectivity index (χ3v) is 6.66. The molecule has 1 fully saturated rings. The molecule has 3 rings (SSSR count). The summed E-state index contributed by atoms with van der Waals surface area (Å²) in [5, 5.41) is 2.95. The Bertz CT molecular complexity index is 675. The lowest BCUT2D eigenvalue weighted by atomic mass is 10.2. The quantitative estimate of drug-likeness (QED) is 0.797. The molecule has 1 N–H and O–H groups in total. The van der Waals surface area contributed by atoms with E-state index in [0.717, 1.165) is 10.2 Å². The van der Waals surface area contributed by atoms with Gasteiger partial charge in [0.2, 0.25) is 0 Å². The van der Waals surface area contributed by atoms with Gasteiger partial charge in [-0.05, 0) is 57.6 Å². The molecule has 0 bridgehead atoms. The molecule has 1 aromatic carbocycles. The standard InChI is InChI=1S/C16H15BrN2OS2/c17-13-7-12(9-18-10-13)15(20)19-14-4-1-3-11(8-14)16-21-5-2-6-22-16/h1,3-4,7-10,16H,2,5-6H2,(H,19,20). The van der Waals surface area contributed by atoms with Crippen molar-refractivity contribution in [2.75, 3.05) is 16.8 Å². The lowest BCUT2D eigenvalue weighted by molar-refractivity contribution is 0.102. The van der Waals surface area contributed by atoms with Gasteiger partial charge in [-0.2, -0.15) is 0 Å². The van der Waals surface area contributed by atoms with Crippen LogP contribution in [-0.4, -0.2) is 22.4 Å². The predicted molar refractivity (Wildman–Crippen MR) is 98.6 cm³/mol. The summed E-state index contributed by atoms with van der Waals surface area (Å²) in [6.45, 7) is 0. The van der Waals surface area contributed by atoms with E-state index in [1.165, 1.54) is 23.5 Å². The van der Waals surface area contributed by atoms with E-state index in [2.05, 4.69) is 38.4 Å². The first-order valence-electron chi connectivity index (χ1n) is 6.97. The smallest absolute Gasteiger partial charge is 0.257 e. The number of benzene rings is 1. The van der Waals surface area contributed by atoms with Gasteiger partial charge < -0.3 is 5.32 Å². The predicted octanol–water partition coefficient (Wildman–Crippen LogP) is 4.97. The van der Waals surface area contributed by atoms with Crippen LogP contribution in [0.5, 0.6) is 0 Å². The largest absolute Gasteiger partial charge is 0.322 e. The highest BCUT2D eigenvalue weighted by Gasteiger charge is 2.17. The average Bonchev–Trinajstić information content (AvgIpc) is 2.56. The van der Waals surface area contributed by atoms with Crippen LogP contribution < -0.4 is 5.32 Å². The number of hydrogen-bond acceptors (Lipinski definition) is 4. The van der Waals surface area contributed by atoms with Crippen molar-refractivity contribution in [3.05, 3.63) is 58.3 Å². The Kier molecular flexibility index (Phi) is 5.44. The molecule has 0 atom stereocenters. The second-order valence-corrected chi connectivity index (χ2v) is 8.54. The van der Waals surface area contributed by atoms with E-state index in [0.29, 0.717) is 10.1 Å². The SMILES string of the molecule is O=C(Nc1cccc(C2SCCCS2)c1)c1cncc(Br)c1.